The second kappa shape index (κ2) is 9.09. The van der Waals surface area contributed by atoms with E-state index >= 15 is 0 Å². The molecule has 1 nitrogen and oxygen atoms in total. The highest BCUT2D eigenvalue weighted by Gasteiger charge is 2.32. The maximum atomic E-state index is 6.47. The molecule has 1 aromatic carbocycles. The molecule has 0 fully saturated rings. The number of hydrogen-bond donors (Lipinski definition) is 0. The molecule has 1 rings (SSSR count). The first-order valence-corrected chi connectivity index (χ1v) is 10.9. The lowest BCUT2D eigenvalue weighted by molar-refractivity contribution is 0.283. The van der Waals surface area contributed by atoms with Crippen LogP contribution < -0.4 is 0 Å². The van der Waals surface area contributed by atoms with E-state index in [1.807, 2.05) is 12.1 Å². The van der Waals surface area contributed by atoms with Gasteiger partial charge in [0.15, 0.2) is 8.32 Å². The van der Waals surface area contributed by atoms with Crippen molar-refractivity contribution in [1.82, 2.24) is 0 Å². The van der Waals surface area contributed by atoms with Crippen LogP contribution in [0.15, 0.2) is 18.2 Å². The highest BCUT2D eigenvalue weighted by Crippen LogP contribution is 2.30. The van der Waals surface area contributed by atoms with Crippen molar-refractivity contribution in [2.75, 3.05) is 0 Å². The summed E-state index contributed by atoms with van der Waals surface area (Å²) < 4.78 is 6.47. The van der Waals surface area contributed by atoms with Crippen molar-refractivity contribution in [3.8, 4) is 0 Å². The molecule has 0 N–H and O–H groups in total. The van der Waals surface area contributed by atoms with Gasteiger partial charge in [0.05, 0.1) is 6.61 Å². The first kappa shape index (κ1) is 18.0. The molecule has 0 aromatic heterocycles. The van der Waals surface area contributed by atoms with Crippen molar-refractivity contribution in [3.05, 3.63) is 33.8 Å². The van der Waals surface area contributed by atoms with E-state index in [1.54, 1.807) is 6.07 Å². The zero-order valence-corrected chi connectivity index (χ0v) is 15.4. The Morgan fingerprint density at radius 3 is 1.95 bits per heavy atom. The molecule has 0 aliphatic rings. The second-order valence-corrected chi connectivity index (χ2v) is 10.5. The summed E-state index contributed by atoms with van der Waals surface area (Å²) in [6.45, 7) is 7.39. The number of benzene rings is 1. The third-order valence-corrected chi connectivity index (χ3v) is 9.24. The maximum absolute atomic E-state index is 6.47. The first-order valence-electron chi connectivity index (χ1n) is 7.64. The van der Waals surface area contributed by atoms with E-state index in [2.05, 4.69) is 20.8 Å². The van der Waals surface area contributed by atoms with Gasteiger partial charge in [0.2, 0.25) is 0 Å². The Morgan fingerprint density at radius 2 is 1.50 bits per heavy atom. The molecule has 0 radical (unpaired) electrons. The summed E-state index contributed by atoms with van der Waals surface area (Å²) in [4.78, 5) is 0. The standard InChI is InChI=1S/C16H26Cl2OSi/c1-4-9-20(10-5-2,11-6-3)19-13-14-7-8-15(17)12-16(14)18/h7-8,12H,4-6,9-11,13H2,1-3H3. The van der Waals surface area contributed by atoms with Crippen molar-refractivity contribution < 1.29 is 4.43 Å². The fourth-order valence-electron chi connectivity index (χ4n) is 2.83. The van der Waals surface area contributed by atoms with Crippen LogP contribution in [0, 0.1) is 0 Å². The fraction of sp³-hybridized carbons (Fsp3) is 0.625. The molecular formula is C16H26Cl2OSi. The zero-order chi connectivity index (χ0) is 15.0. The van der Waals surface area contributed by atoms with Crippen molar-refractivity contribution in [2.45, 2.75) is 64.8 Å². The third kappa shape index (κ3) is 5.40. The predicted octanol–water partition coefficient (Wildman–Crippen LogP) is 6.69. The summed E-state index contributed by atoms with van der Waals surface area (Å²) in [7, 11) is -1.61. The van der Waals surface area contributed by atoms with Crippen LogP contribution in [-0.4, -0.2) is 8.32 Å². The molecule has 0 spiro atoms. The minimum atomic E-state index is -1.61. The SMILES string of the molecule is CCC[Si](CCC)(CCC)OCc1ccc(Cl)cc1Cl. The minimum Gasteiger partial charge on any atom is -0.412 e. The lowest BCUT2D eigenvalue weighted by atomic mass is 10.2. The first-order chi connectivity index (χ1) is 9.56. The number of halogens is 2. The molecular weight excluding hydrogens is 307 g/mol. The quantitative estimate of drug-likeness (QED) is 0.458. The van der Waals surface area contributed by atoms with Crippen molar-refractivity contribution in [3.63, 3.8) is 0 Å². The average molecular weight is 333 g/mol. The lowest BCUT2D eigenvalue weighted by Gasteiger charge is -2.31. The third-order valence-electron chi connectivity index (χ3n) is 3.67. The van der Waals surface area contributed by atoms with Crippen LogP contribution in [0.3, 0.4) is 0 Å². The summed E-state index contributed by atoms with van der Waals surface area (Å²) in [5.41, 5.74) is 1.05. The van der Waals surface area contributed by atoms with Crippen LogP contribution in [0.5, 0.6) is 0 Å². The van der Waals surface area contributed by atoms with Gasteiger partial charge >= 0.3 is 0 Å². The molecule has 0 aliphatic heterocycles. The Morgan fingerprint density at radius 1 is 0.950 bits per heavy atom. The summed E-state index contributed by atoms with van der Waals surface area (Å²) in [6.07, 6.45) is 3.63. The van der Waals surface area contributed by atoms with Gasteiger partial charge in [0.1, 0.15) is 0 Å². The summed E-state index contributed by atoms with van der Waals surface area (Å²) in [5, 5.41) is 1.39. The van der Waals surface area contributed by atoms with Gasteiger partial charge in [-0.15, -0.1) is 0 Å². The number of rotatable bonds is 9. The van der Waals surface area contributed by atoms with Crippen LogP contribution >= 0.6 is 23.2 Å². The molecule has 20 heavy (non-hydrogen) atoms. The molecule has 1 aromatic rings. The molecule has 114 valence electrons. The summed E-state index contributed by atoms with van der Waals surface area (Å²) in [5.74, 6) is 0. The highest BCUT2D eigenvalue weighted by molar-refractivity contribution is 6.73. The number of hydrogen-bond acceptors (Lipinski definition) is 1. The molecule has 0 atom stereocenters. The average Bonchev–Trinajstić information content (AvgIpc) is 2.38. The topological polar surface area (TPSA) is 9.23 Å². The van der Waals surface area contributed by atoms with Crippen LogP contribution in [0.4, 0.5) is 0 Å². The van der Waals surface area contributed by atoms with Gasteiger partial charge in [0, 0.05) is 10.0 Å². The van der Waals surface area contributed by atoms with Gasteiger partial charge in [0.25, 0.3) is 0 Å². The Balaban J connectivity index is 2.78. The maximum Gasteiger partial charge on any atom is 0.193 e. The molecule has 0 unspecified atom stereocenters. The molecule has 0 bridgehead atoms. The van der Waals surface area contributed by atoms with E-state index in [9.17, 15) is 0 Å². The smallest absolute Gasteiger partial charge is 0.193 e. The second-order valence-electron chi connectivity index (χ2n) is 5.46. The predicted molar refractivity (Wildman–Crippen MR) is 92.3 cm³/mol. The van der Waals surface area contributed by atoms with Gasteiger partial charge in [-0.2, -0.15) is 0 Å². The molecule has 4 heteroatoms. The van der Waals surface area contributed by atoms with E-state index in [-0.39, 0.29) is 0 Å². The Bertz CT molecular complexity index is 392. The highest BCUT2D eigenvalue weighted by atomic mass is 35.5. The normalized spacial score (nSPS) is 11.8. The van der Waals surface area contributed by atoms with Gasteiger partial charge < -0.3 is 4.43 Å². The Kier molecular flexibility index (Phi) is 8.19. The van der Waals surface area contributed by atoms with Crippen LogP contribution in [-0.2, 0) is 11.0 Å². The summed E-state index contributed by atoms with van der Waals surface area (Å²) in [6, 6.07) is 9.41. The molecule has 0 aliphatic carbocycles. The summed E-state index contributed by atoms with van der Waals surface area (Å²) >= 11 is 12.2. The van der Waals surface area contributed by atoms with Crippen molar-refractivity contribution >= 4 is 31.5 Å². The van der Waals surface area contributed by atoms with Gasteiger partial charge in [-0.05, 0) is 35.8 Å². The largest absolute Gasteiger partial charge is 0.412 e. The van der Waals surface area contributed by atoms with E-state index in [4.69, 9.17) is 27.6 Å². The molecule has 0 heterocycles. The van der Waals surface area contributed by atoms with Crippen molar-refractivity contribution in [1.29, 1.82) is 0 Å². The monoisotopic (exact) mass is 332 g/mol. The van der Waals surface area contributed by atoms with Crippen molar-refractivity contribution in [2.24, 2.45) is 0 Å². The molecule has 0 saturated heterocycles. The van der Waals surface area contributed by atoms with E-state index in [0.29, 0.717) is 16.7 Å². The van der Waals surface area contributed by atoms with Gasteiger partial charge in [-0.3, -0.25) is 0 Å². The van der Waals surface area contributed by atoms with E-state index < -0.39 is 8.32 Å². The van der Waals surface area contributed by atoms with Gasteiger partial charge in [-0.25, -0.2) is 0 Å². The fourth-order valence-corrected chi connectivity index (χ4v) is 7.67. The minimum absolute atomic E-state index is 0.627. The Labute approximate surface area is 134 Å². The van der Waals surface area contributed by atoms with E-state index in [0.717, 1.165) is 5.56 Å². The van der Waals surface area contributed by atoms with Crippen LogP contribution in [0.25, 0.3) is 0 Å². The van der Waals surface area contributed by atoms with Crippen LogP contribution in [0.2, 0.25) is 28.2 Å². The molecule has 0 amide bonds. The lowest BCUT2D eigenvalue weighted by Crippen LogP contribution is -2.37. The van der Waals surface area contributed by atoms with Gasteiger partial charge in [-0.1, -0.05) is 69.3 Å². The van der Waals surface area contributed by atoms with Crippen LogP contribution in [0.1, 0.15) is 45.6 Å². The van der Waals surface area contributed by atoms with E-state index in [1.165, 1.54) is 37.4 Å². The zero-order valence-electron chi connectivity index (χ0n) is 12.8. The Hall–Kier alpha value is -0.0231. The molecule has 0 saturated carbocycles.